The molecule has 0 radical (unpaired) electrons. The molecule has 1 aromatic heterocycles. The van der Waals surface area contributed by atoms with Crippen molar-refractivity contribution in [2.24, 2.45) is 5.92 Å². The van der Waals surface area contributed by atoms with Gasteiger partial charge in [0.25, 0.3) is 0 Å². The Morgan fingerprint density at radius 1 is 1.03 bits per heavy atom. The van der Waals surface area contributed by atoms with Gasteiger partial charge in [0, 0.05) is 18.0 Å². The molecule has 1 aromatic carbocycles. The highest BCUT2D eigenvalue weighted by molar-refractivity contribution is 5.79. The zero-order valence-corrected chi connectivity index (χ0v) is 17.6. The number of para-hydroxylation sites is 1. The first-order valence-electron chi connectivity index (χ1n) is 9.69. The number of hydrogen-bond donors (Lipinski definition) is 0. The van der Waals surface area contributed by atoms with Crippen LogP contribution in [0, 0.1) is 5.92 Å². The largest absolute Gasteiger partial charge is 0.482 e. The van der Waals surface area contributed by atoms with E-state index in [0.717, 1.165) is 5.56 Å². The molecule has 1 heterocycles. The number of ether oxygens (including phenoxy) is 3. The van der Waals surface area contributed by atoms with Crippen LogP contribution in [-0.2, 0) is 19.1 Å². The molecule has 0 N–H and O–H groups in total. The third-order valence-electron chi connectivity index (χ3n) is 4.04. The van der Waals surface area contributed by atoms with Crippen LogP contribution in [0.2, 0.25) is 0 Å². The zero-order valence-electron chi connectivity index (χ0n) is 17.6. The van der Waals surface area contributed by atoms with E-state index in [1.54, 1.807) is 53.1 Å². The average Bonchev–Trinajstić information content (AvgIpc) is 2.65. The van der Waals surface area contributed by atoms with E-state index in [1.165, 1.54) is 0 Å². The van der Waals surface area contributed by atoms with Gasteiger partial charge in [-0.2, -0.15) is 0 Å². The van der Waals surface area contributed by atoms with Crippen LogP contribution in [0.5, 0.6) is 5.75 Å². The quantitative estimate of drug-likeness (QED) is 0.609. The summed E-state index contributed by atoms with van der Waals surface area (Å²) < 4.78 is 17.0. The molecule has 156 valence electrons. The summed E-state index contributed by atoms with van der Waals surface area (Å²) in [5, 5.41) is 0. The molecular formula is C23H29NO5. The molecule has 0 saturated carbocycles. The minimum absolute atomic E-state index is 0.0417. The Balaban J connectivity index is 2.05. The Kier molecular flexibility index (Phi) is 7.76. The molecule has 0 aliphatic heterocycles. The van der Waals surface area contributed by atoms with Crippen molar-refractivity contribution < 1.29 is 23.8 Å². The van der Waals surface area contributed by atoms with Crippen molar-refractivity contribution in [2.75, 3.05) is 0 Å². The van der Waals surface area contributed by atoms with Crippen molar-refractivity contribution in [2.45, 2.75) is 58.8 Å². The minimum Gasteiger partial charge on any atom is -0.482 e. The maximum absolute atomic E-state index is 12.5. The summed E-state index contributed by atoms with van der Waals surface area (Å²) in [5.74, 6) is -0.877. The number of rotatable bonds is 8. The molecule has 29 heavy (non-hydrogen) atoms. The molecule has 0 spiro atoms. The van der Waals surface area contributed by atoms with Crippen LogP contribution in [0.1, 0.15) is 52.7 Å². The van der Waals surface area contributed by atoms with E-state index in [0.29, 0.717) is 5.75 Å². The van der Waals surface area contributed by atoms with E-state index in [1.807, 2.05) is 36.4 Å². The third kappa shape index (κ3) is 7.56. The first kappa shape index (κ1) is 22.4. The van der Waals surface area contributed by atoms with Crippen molar-refractivity contribution >= 4 is 11.9 Å². The van der Waals surface area contributed by atoms with E-state index in [-0.39, 0.29) is 6.42 Å². The zero-order chi connectivity index (χ0) is 21.4. The first-order chi connectivity index (χ1) is 13.7. The van der Waals surface area contributed by atoms with Gasteiger partial charge in [-0.3, -0.25) is 14.6 Å². The standard InChI is InChI=1S/C23H29NO5/c1-16(14-20(25)29-23(3,4)5)22(26)27-17(2)21(18-10-9-13-24-15-18)28-19-11-7-6-8-12-19/h6-13,15-17,21H,14H2,1-5H3/t16-,17+,21-/m1/s1. The molecular weight excluding hydrogens is 370 g/mol. The lowest BCUT2D eigenvalue weighted by atomic mass is 10.1. The lowest BCUT2D eigenvalue weighted by Gasteiger charge is -2.26. The van der Waals surface area contributed by atoms with Gasteiger partial charge in [-0.1, -0.05) is 31.2 Å². The van der Waals surface area contributed by atoms with Crippen molar-refractivity contribution in [1.82, 2.24) is 4.98 Å². The maximum Gasteiger partial charge on any atom is 0.309 e. The summed E-state index contributed by atoms with van der Waals surface area (Å²) in [6.45, 7) is 8.77. The molecule has 2 aromatic rings. The fraction of sp³-hybridized carbons (Fsp3) is 0.435. The highest BCUT2D eigenvalue weighted by atomic mass is 16.6. The summed E-state index contributed by atoms with van der Waals surface area (Å²) in [5.41, 5.74) is 0.194. The number of carbonyl (C=O) groups is 2. The predicted octanol–water partition coefficient (Wildman–Crippen LogP) is 4.50. The van der Waals surface area contributed by atoms with E-state index in [2.05, 4.69) is 4.98 Å². The number of benzene rings is 1. The summed E-state index contributed by atoms with van der Waals surface area (Å²) in [7, 11) is 0. The summed E-state index contributed by atoms with van der Waals surface area (Å²) in [6.07, 6.45) is 2.18. The molecule has 0 aliphatic carbocycles. The average molecular weight is 399 g/mol. The fourth-order valence-corrected chi connectivity index (χ4v) is 2.70. The first-order valence-corrected chi connectivity index (χ1v) is 9.69. The van der Waals surface area contributed by atoms with E-state index < -0.39 is 35.7 Å². The van der Waals surface area contributed by atoms with Crippen LogP contribution in [0.4, 0.5) is 0 Å². The second-order valence-electron chi connectivity index (χ2n) is 7.97. The van der Waals surface area contributed by atoms with Crippen molar-refractivity contribution in [3.63, 3.8) is 0 Å². The molecule has 0 bridgehead atoms. The van der Waals surface area contributed by atoms with Gasteiger partial charge >= 0.3 is 11.9 Å². The highest BCUT2D eigenvalue weighted by Gasteiger charge is 2.29. The molecule has 3 atom stereocenters. The van der Waals surface area contributed by atoms with Crippen LogP contribution in [-0.4, -0.2) is 28.6 Å². The van der Waals surface area contributed by atoms with Gasteiger partial charge < -0.3 is 14.2 Å². The Morgan fingerprint density at radius 2 is 1.72 bits per heavy atom. The van der Waals surface area contributed by atoms with Crippen molar-refractivity contribution in [1.29, 1.82) is 0 Å². The fourth-order valence-electron chi connectivity index (χ4n) is 2.70. The van der Waals surface area contributed by atoms with Crippen LogP contribution in [0.25, 0.3) is 0 Å². The second-order valence-corrected chi connectivity index (χ2v) is 7.97. The Labute approximate surface area is 172 Å². The van der Waals surface area contributed by atoms with Gasteiger partial charge in [-0.05, 0) is 45.9 Å². The molecule has 6 heteroatoms. The lowest BCUT2D eigenvalue weighted by molar-refractivity contribution is -0.165. The number of carbonyl (C=O) groups excluding carboxylic acids is 2. The number of pyridine rings is 1. The van der Waals surface area contributed by atoms with Crippen LogP contribution in [0.3, 0.4) is 0 Å². The monoisotopic (exact) mass is 399 g/mol. The van der Waals surface area contributed by atoms with Gasteiger partial charge in [-0.15, -0.1) is 0 Å². The Morgan fingerprint density at radius 3 is 2.31 bits per heavy atom. The summed E-state index contributed by atoms with van der Waals surface area (Å²) in [4.78, 5) is 28.7. The number of nitrogens with zero attached hydrogens (tertiary/aromatic N) is 1. The molecule has 0 aliphatic rings. The van der Waals surface area contributed by atoms with Gasteiger partial charge in [0.05, 0.1) is 12.3 Å². The van der Waals surface area contributed by atoms with Crippen LogP contribution >= 0.6 is 0 Å². The molecule has 0 amide bonds. The molecule has 0 unspecified atom stereocenters. The summed E-state index contributed by atoms with van der Waals surface area (Å²) >= 11 is 0. The van der Waals surface area contributed by atoms with E-state index in [9.17, 15) is 9.59 Å². The van der Waals surface area contributed by atoms with Crippen LogP contribution in [0.15, 0.2) is 54.9 Å². The minimum atomic E-state index is -0.626. The maximum atomic E-state index is 12.5. The van der Waals surface area contributed by atoms with Crippen LogP contribution < -0.4 is 4.74 Å². The van der Waals surface area contributed by atoms with Gasteiger partial charge in [0.1, 0.15) is 17.5 Å². The van der Waals surface area contributed by atoms with Gasteiger partial charge in [0.2, 0.25) is 0 Å². The molecule has 0 fully saturated rings. The Bertz CT molecular complexity index is 786. The van der Waals surface area contributed by atoms with Crippen molar-refractivity contribution in [3.8, 4) is 5.75 Å². The number of hydrogen-bond acceptors (Lipinski definition) is 6. The predicted molar refractivity (Wildman–Crippen MR) is 109 cm³/mol. The third-order valence-corrected chi connectivity index (χ3v) is 4.04. The smallest absolute Gasteiger partial charge is 0.309 e. The highest BCUT2D eigenvalue weighted by Crippen LogP contribution is 2.27. The molecule has 2 rings (SSSR count). The van der Waals surface area contributed by atoms with Gasteiger partial charge in [0.15, 0.2) is 6.10 Å². The Hall–Kier alpha value is -2.89. The number of aromatic nitrogens is 1. The van der Waals surface area contributed by atoms with E-state index in [4.69, 9.17) is 14.2 Å². The van der Waals surface area contributed by atoms with E-state index >= 15 is 0 Å². The normalized spacial score (nSPS) is 14.4. The lowest BCUT2D eigenvalue weighted by Crippen LogP contribution is -2.31. The second kappa shape index (κ2) is 10.0. The number of esters is 2. The van der Waals surface area contributed by atoms with Gasteiger partial charge in [-0.25, -0.2) is 0 Å². The van der Waals surface area contributed by atoms with Crippen molar-refractivity contribution in [3.05, 3.63) is 60.4 Å². The topological polar surface area (TPSA) is 74.7 Å². The summed E-state index contributed by atoms with van der Waals surface area (Å²) in [6, 6.07) is 13.0. The SMILES string of the molecule is C[C@H](CC(=O)OC(C)(C)C)C(=O)O[C@@H](C)[C@@H](Oc1ccccc1)c1cccnc1. The molecule has 6 nitrogen and oxygen atoms in total. The molecule has 0 saturated heterocycles.